The largest absolute Gasteiger partial charge is 0.462 e. The van der Waals surface area contributed by atoms with Gasteiger partial charge in [0.1, 0.15) is 0 Å². The van der Waals surface area contributed by atoms with E-state index in [0.717, 1.165) is 12.8 Å². The summed E-state index contributed by atoms with van der Waals surface area (Å²) < 4.78 is 83.8. The van der Waals surface area contributed by atoms with Gasteiger partial charge in [0.15, 0.2) is 0 Å². The smallest absolute Gasteiger partial charge is 0.451 e. The molecule has 0 amide bonds. The summed E-state index contributed by atoms with van der Waals surface area (Å²) in [6.45, 7) is -0.504. The van der Waals surface area contributed by atoms with Gasteiger partial charge in [0.05, 0.1) is 6.61 Å². The Hall–Kier alpha value is -0.900. The molecule has 5 nitrogen and oxygen atoms in total. The molecule has 1 saturated carbocycles. The third-order valence-corrected chi connectivity index (χ3v) is 4.02. The van der Waals surface area contributed by atoms with Gasteiger partial charge < -0.3 is 4.74 Å². The van der Waals surface area contributed by atoms with E-state index < -0.39 is 33.9 Å². The van der Waals surface area contributed by atoms with Gasteiger partial charge >= 0.3 is 27.3 Å². The Bertz CT molecular complexity index is 440. The predicted octanol–water partition coefficient (Wildman–Crippen LogP) is 1.84. The lowest BCUT2D eigenvalue weighted by molar-refractivity contribution is -0.215. The molecule has 1 fully saturated rings. The van der Waals surface area contributed by atoms with Crippen molar-refractivity contribution in [3.63, 3.8) is 0 Å². The van der Waals surface area contributed by atoms with Crippen molar-refractivity contribution in [2.24, 2.45) is 5.92 Å². The van der Waals surface area contributed by atoms with Crippen molar-refractivity contribution < 1.29 is 40.1 Å². The van der Waals surface area contributed by atoms with Gasteiger partial charge in [-0.2, -0.15) is 21.6 Å². The Balaban J connectivity index is 2.84. The lowest BCUT2D eigenvalue weighted by Gasteiger charge is -2.23. The molecular weight excluding hydrogens is 296 g/mol. The maximum atomic E-state index is 13.4. The number of hydrogen-bond donors (Lipinski definition) is 1. The molecule has 1 unspecified atom stereocenters. The summed E-state index contributed by atoms with van der Waals surface area (Å²) in [5, 5.41) is -5.45. The van der Waals surface area contributed by atoms with E-state index in [1.54, 1.807) is 0 Å². The van der Waals surface area contributed by atoms with Gasteiger partial charge in [0.25, 0.3) is 0 Å². The summed E-state index contributed by atoms with van der Waals surface area (Å²) in [4.78, 5) is 11.1. The van der Waals surface area contributed by atoms with Crippen LogP contribution in [0.3, 0.4) is 0 Å². The number of rotatable bonds is 4. The van der Waals surface area contributed by atoms with E-state index in [2.05, 4.69) is 4.74 Å². The molecule has 1 atom stereocenters. The van der Waals surface area contributed by atoms with Crippen molar-refractivity contribution in [2.45, 2.75) is 36.9 Å². The lowest BCUT2D eigenvalue weighted by atomic mass is 10.1. The zero-order valence-corrected chi connectivity index (χ0v) is 10.4. The maximum Gasteiger partial charge on any atom is 0.451 e. The van der Waals surface area contributed by atoms with E-state index >= 15 is 0 Å². The number of esters is 1. The number of halogens is 4. The summed E-state index contributed by atoms with van der Waals surface area (Å²) in [6, 6.07) is 0. The first-order valence-electron chi connectivity index (χ1n) is 5.40. The minimum atomic E-state index is -6.33. The second-order valence-electron chi connectivity index (χ2n) is 4.32. The van der Waals surface area contributed by atoms with Crippen LogP contribution in [0.25, 0.3) is 0 Å². The highest BCUT2D eigenvalue weighted by Gasteiger charge is 2.72. The van der Waals surface area contributed by atoms with E-state index in [4.69, 9.17) is 4.55 Å². The average Bonchev–Trinajstić information content (AvgIpc) is 2.74. The van der Waals surface area contributed by atoms with E-state index in [1.807, 2.05) is 0 Å². The Morgan fingerprint density at radius 3 is 2.05 bits per heavy atom. The first-order chi connectivity index (χ1) is 8.50. The normalized spacial score (nSPS) is 21.1. The van der Waals surface area contributed by atoms with Crippen molar-refractivity contribution in [2.75, 3.05) is 6.61 Å². The van der Waals surface area contributed by atoms with Gasteiger partial charge in [-0.25, -0.2) is 9.18 Å². The highest BCUT2D eigenvalue weighted by Crippen LogP contribution is 2.39. The quantitative estimate of drug-likeness (QED) is 0.487. The van der Waals surface area contributed by atoms with Crippen LogP contribution >= 0.6 is 0 Å². The Morgan fingerprint density at radius 2 is 1.68 bits per heavy atom. The van der Waals surface area contributed by atoms with Gasteiger partial charge in [-0.3, -0.25) is 4.55 Å². The number of carbonyl (C=O) groups excluding carboxylic acids is 1. The van der Waals surface area contributed by atoms with Crippen LogP contribution in [-0.2, 0) is 19.6 Å². The van der Waals surface area contributed by atoms with Gasteiger partial charge in [0, 0.05) is 0 Å². The van der Waals surface area contributed by atoms with E-state index in [9.17, 15) is 30.8 Å². The molecule has 0 aliphatic heterocycles. The maximum absolute atomic E-state index is 13.4. The highest BCUT2D eigenvalue weighted by molar-refractivity contribution is 7.88. The van der Waals surface area contributed by atoms with Crippen LogP contribution in [0.5, 0.6) is 0 Å². The van der Waals surface area contributed by atoms with Crippen LogP contribution in [0.2, 0.25) is 0 Å². The van der Waals surface area contributed by atoms with Crippen molar-refractivity contribution in [1.82, 2.24) is 0 Å². The fourth-order valence-electron chi connectivity index (χ4n) is 1.83. The topological polar surface area (TPSA) is 80.7 Å². The first kappa shape index (κ1) is 16.2. The van der Waals surface area contributed by atoms with Gasteiger partial charge in [-0.15, -0.1) is 0 Å². The van der Waals surface area contributed by atoms with Crippen LogP contribution in [0.15, 0.2) is 0 Å². The molecule has 0 radical (unpaired) electrons. The van der Waals surface area contributed by atoms with Crippen molar-refractivity contribution in [3.8, 4) is 0 Å². The fraction of sp³-hybridized carbons (Fsp3) is 0.889. The number of alkyl halides is 4. The molecule has 0 heterocycles. The van der Waals surface area contributed by atoms with Gasteiger partial charge in [-0.1, -0.05) is 12.8 Å². The third-order valence-electron chi connectivity index (χ3n) is 2.91. The summed E-state index contributed by atoms with van der Waals surface area (Å²) in [6.07, 6.45) is -3.30. The Kier molecular flexibility index (Phi) is 4.45. The molecule has 0 saturated heterocycles. The van der Waals surface area contributed by atoms with Crippen molar-refractivity contribution in [3.05, 3.63) is 0 Å². The molecule has 0 aromatic rings. The predicted molar refractivity (Wildman–Crippen MR) is 54.4 cm³/mol. The van der Waals surface area contributed by atoms with Gasteiger partial charge in [-0.05, 0) is 18.8 Å². The number of ether oxygens (including phenoxy) is 1. The second kappa shape index (κ2) is 5.23. The average molecular weight is 308 g/mol. The minimum absolute atomic E-state index is 0.220. The van der Waals surface area contributed by atoms with Crippen LogP contribution < -0.4 is 0 Å². The highest BCUT2D eigenvalue weighted by atomic mass is 32.2. The molecule has 1 aliphatic rings. The second-order valence-corrected chi connectivity index (χ2v) is 5.83. The third kappa shape index (κ3) is 3.16. The molecule has 1 N–H and O–H groups in total. The van der Waals surface area contributed by atoms with E-state index in [0.29, 0.717) is 12.8 Å². The van der Waals surface area contributed by atoms with Crippen molar-refractivity contribution in [1.29, 1.82) is 0 Å². The first-order valence-corrected chi connectivity index (χ1v) is 6.84. The fourth-order valence-corrected chi connectivity index (χ4v) is 2.39. The summed E-state index contributed by atoms with van der Waals surface area (Å²) in [5.74, 6) is -2.88. The van der Waals surface area contributed by atoms with Crippen LogP contribution in [0.1, 0.15) is 25.7 Å². The Labute approximate surface area is 106 Å². The van der Waals surface area contributed by atoms with Crippen molar-refractivity contribution >= 4 is 16.1 Å². The molecule has 1 aliphatic carbocycles. The standard InChI is InChI=1S/C9H12F4O5S/c10-8(9(11,12)13,19(15,16)17)7(14)18-5-6-3-1-2-4-6/h6H,1-5H2,(H,15,16,17). The minimum Gasteiger partial charge on any atom is -0.462 e. The molecule has 19 heavy (non-hydrogen) atoms. The summed E-state index contributed by atoms with van der Waals surface area (Å²) >= 11 is 0. The molecule has 0 spiro atoms. The van der Waals surface area contributed by atoms with Crippen LogP contribution in [-0.4, -0.2) is 36.7 Å². The molecule has 1 rings (SSSR count). The monoisotopic (exact) mass is 308 g/mol. The molecular formula is C9H12F4O5S. The Morgan fingerprint density at radius 1 is 1.21 bits per heavy atom. The molecule has 0 bridgehead atoms. The molecule has 0 aromatic carbocycles. The lowest BCUT2D eigenvalue weighted by Crippen LogP contribution is -2.55. The van der Waals surface area contributed by atoms with Crippen LogP contribution in [0.4, 0.5) is 17.6 Å². The van der Waals surface area contributed by atoms with Gasteiger partial charge in [0.2, 0.25) is 0 Å². The number of carbonyl (C=O) groups is 1. The zero-order valence-electron chi connectivity index (χ0n) is 9.61. The molecule has 0 aromatic heterocycles. The molecule has 112 valence electrons. The summed E-state index contributed by atoms with van der Waals surface area (Å²) in [7, 11) is -6.33. The SMILES string of the molecule is O=C(OCC1CCCC1)C(F)(C(F)(F)F)S(=O)(=O)O. The van der Waals surface area contributed by atoms with E-state index in [-0.39, 0.29) is 5.92 Å². The zero-order chi connectivity index (χ0) is 14.9. The van der Waals surface area contributed by atoms with Crippen LogP contribution in [0, 0.1) is 5.92 Å². The number of hydrogen-bond acceptors (Lipinski definition) is 4. The molecule has 10 heteroatoms. The summed E-state index contributed by atoms with van der Waals surface area (Å²) in [5.41, 5.74) is 0. The van der Waals surface area contributed by atoms with E-state index in [1.165, 1.54) is 0 Å².